The highest BCUT2D eigenvalue weighted by molar-refractivity contribution is 5.44. The summed E-state index contributed by atoms with van der Waals surface area (Å²) in [6.45, 7) is 6.00. The number of hydrogen-bond acceptors (Lipinski definition) is 2. The molecule has 1 aliphatic carbocycles. The molecule has 0 spiro atoms. The maximum Gasteiger partial charge on any atom is 0.119 e. The van der Waals surface area contributed by atoms with Crippen molar-refractivity contribution in [3.63, 3.8) is 0 Å². The van der Waals surface area contributed by atoms with Gasteiger partial charge in [0, 0.05) is 18.5 Å². The predicted octanol–water partition coefficient (Wildman–Crippen LogP) is 2.68. The van der Waals surface area contributed by atoms with Crippen molar-refractivity contribution in [3.05, 3.63) is 42.0 Å². The first-order chi connectivity index (χ1) is 8.31. The Bertz CT molecular complexity index is 441. The van der Waals surface area contributed by atoms with Gasteiger partial charge in [0.25, 0.3) is 0 Å². The number of nitrogens with zero attached hydrogens (tertiary/aromatic N) is 1. The summed E-state index contributed by atoms with van der Waals surface area (Å²) in [6.07, 6.45) is 5.40. The lowest BCUT2D eigenvalue weighted by Crippen LogP contribution is -2.35. The molecule has 17 heavy (non-hydrogen) atoms. The zero-order chi connectivity index (χ0) is 11.8. The summed E-state index contributed by atoms with van der Waals surface area (Å²) in [5.41, 5.74) is 2.57. The van der Waals surface area contributed by atoms with Crippen LogP contribution in [0.3, 0.4) is 0 Å². The van der Waals surface area contributed by atoms with Gasteiger partial charge in [0.15, 0.2) is 0 Å². The van der Waals surface area contributed by atoms with E-state index in [0.29, 0.717) is 17.7 Å². The van der Waals surface area contributed by atoms with Crippen molar-refractivity contribution in [2.75, 3.05) is 13.1 Å². The predicted molar refractivity (Wildman–Crippen MR) is 69.3 cm³/mol. The van der Waals surface area contributed by atoms with Gasteiger partial charge in [0.2, 0.25) is 0 Å². The molecule has 1 heterocycles. The van der Waals surface area contributed by atoms with Crippen LogP contribution in [0, 0.1) is 0 Å². The van der Waals surface area contributed by atoms with Gasteiger partial charge in [-0.2, -0.15) is 0 Å². The van der Waals surface area contributed by atoms with Gasteiger partial charge in [-0.15, -0.1) is 6.58 Å². The summed E-state index contributed by atoms with van der Waals surface area (Å²) in [7, 11) is 0. The van der Waals surface area contributed by atoms with Gasteiger partial charge in [0.05, 0.1) is 0 Å². The maximum atomic E-state index is 9.92. The average Bonchev–Trinajstić information content (AvgIpc) is 2.74. The second kappa shape index (κ2) is 4.19. The van der Waals surface area contributed by atoms with Crippen molar-refractivity contribution < 1.29 is 5.11 Å². The first-order valence-corrected chi connectivity index (χ1v) is 6.47. The van der Waals surface area contributed by atoms with Crippen molar-refractivity contribution in [2.24, 2.45) is 0 Å². The Balaban J connectivity index is 1.94. The van der Waals surface area contributed by atoms with Crippen molar-refractivity contribution in [3.8, 4) is 5.75 Å². The van der Waals surface area contributed by atoms with E-state index >= 15 is 0 Å². The lowest BCUT2D eigenvalue weighted by Gasteiger charge is -2.33. The van der Waals surface area contributed by atoms with E-state index in [1.54, 1.807) is 0 Å². The van der Waals surface area contributed by atoms with Gasteiger partial charge >= 0.3 is 0 Å². The molecule has 1 aliphatic heterocycles. The Morgan fingerprint density at radius 3 is 3.12 bits per heavy atom. The molecule has 3 rings (SSSR count). The second-order valence-corrected chi connectivity index (χ2v) is 5.13. The van der Waals surface area contributed by atoms with Crippen molar-refractivity contribution in [1.29, 1.82) is 0 Å². The van der Waals surface area contributed by atoms with Crippen LogP contribution in [0.15, 0.2) is 30.9 Å². The molecule has 1 aromatic rings. The minimum atomic E-state index is 0.489. The third-order valence-corrected chi connectivity index (χ3v) is 4.30. The Morgan fingerprint density at radius 1 is 1.41 bits per heavy atom. The Kier molecular flexibility index (Phi) is 2.67. The molecule has 2 heteroatoms. The summed E-state index contributed by atoms with van der Waals surface area (Å²) < 4.78 is 0. The van der Waals surface area contributed by atoms with Crippen molar-refractivity contribution >= 4 is 0 Å². The summed E-state index contributed by atoms with van der Waals surface area (Å²) in [5.74, 6) is 1.11. The number of likely N-dealkylation sites (tertiary alicyclic amines) is 1. The number of hydrogen-bond donors (Lipinski definition) is 1. The first-order valence-electron chi connectivity index (χ1n) is 6.47. The second-order valence-electron chi connectivity index (χ2n) is 5.13. The van der Waals surface area contributed by atoms with Crippen LogP contribution in [0.1, 0.15) is 29.9 Å². The summed E-state index contributed by atoms with van der Waals surface area (Å²) >= 11 is 0. The van der Waals surface area contributed by atoms with E-state index in [4.69, 9.17) is 0 Å². The molecule has 2 atom stereocenters. The third kappa shape index (κ3) is 1.67. The summed E-state index contributed by atoms with van der Waals surface area (Å²) in [6, 6.07) is 6.65. The summed E-state index contributed by atoms with van der Waals surface area (Å²) in [4.78, 5) is 2.53. The van der Waals surface area contributed by atoms with Crippen LogP contribution >= 0.6 is 0 Å². The molecule has 0 saturated carbocycles. The van der Waals surface area contributed by atoms with E-state index in [0.717, 1.165) is 19.5 Å². The minimum Gasteiger partial charge on any atom is -0.508 e. The van der Waals surface area contributed by atoms with E-state index in [9.17, 15) is 5.11 Å². The Hall–Kier alpha value is -1.28. The normalized spacial score (nSPS) is 27.5. The molecule has 1 aromatic carbocycles. The molecule has 1 saturated heterocycles. The lowest BCUT2D eigenvalue weighted by atomic mass is 9.79. The fraction of sp³-hybridized carbons (Fsp3) is 0.467. The smallest absolute Gasteiger partial charge is 0.119 e. The van der Waals surface area contributed by atoms with Gasteiger partial charge in [-0.25, -0.2) is 0 Å². The van der Waals surface area contributed by atoms with E-state index < -0.39 is 0 Å². The molecule has 0 unspecified atom stereocenters. The third-order valence-electron chi connectivity index (χ3n) is 4.30. The molecule has 0 aromatic heterocycles. The highest BCUT2D eigenvalue weighted by Crippen LogP contribution is 2.43. The average molecular weight is 229 g/mol. The van der Waals surface area contributed by atoms with Crippen LogP contribution in [0.4, 0.5) is 0 Å². The fourth-order valence-corrected chi connectivity index (χ4v) is 3.56. The highest BCUT2D eigenvalue weighted by Gasteiger charge is 2.38. The van der Waals surface area contributed by atoms with Gasteiger partial charge < -0.3 is 5.11 Å². The Morgan fingerprint density at radius 2 is 2.29 bits per heavy atom. The first kappa shape index (κ1) is 10.8. The van der Waals surface area contributed by atoms with Gasteiger partial charge in [-0.05, 0) is 43.0 Å². The number of phenols is 1. The van der Waals surface area contributed by atoms with Crippen molar-refractivity contribution in [2.45, 2.75) is 31.2 Å². The van der Waals surface area contributed by atoms with E-state index in [1.807, 2.05) is 18.2 Å². The van der Waals surface area contributed by atoms with Crippen LogP contribution in [0.2, 0.25) is 0 Å². The molecule has 2 nitrogen and oxygen atoms in total. The molecular weight excluding hydrogens is 210 g/mol. The van der Waals surface area contributed by atoms with Gasteiger partial charge in [0.1, 0.15) is 5.75 Å². The van der Waals surface area contributed by atoms with Crippen LogP contribution in [-0.2, 0) is 6.42 Å². The molecule has 0 amide bonds. The molecule has 1 fully saturated rings. The molecule has 90 valence electrons. The van der Waals surface area contributed by atoms with Crippen molar-refractivity contribution in [1.82, 2.24) is 4.90 Å². The number of rotatable bonds is 2. The lowest BCUT2D eigenvalue weighted by molar-refractivity contribution is 0.248. The summed E-state index contributed by atoms with van der Waals surface area (Å²) in [5, 5.41) is 9.92. The van der Waals surface area contributed by atoms with Crippen LogP contribution in [0.5, 0.6) is 5.75 Å². The molecule has 2 aliphatic rings. The number of aromatic hydroxyl groups is 1. The van der Waals surface area contributed by atoms with E-state index in [1.165, 1.54) is 24.0 Å². The van der Waals surface area contributed by atoms with E-state index in [-0.39, 0.29) is 0 Å². The molecule has 0 radical (unpaired) electrons. The standard InChI is InChI=1S/C15H19NO/c1-2-9-16-10-8-12-11-4-3-5-15(17)13(11)6-7-14(12)16/h2-5,12,14,17H,1,6-10H2/t12-,14+/m1/s1. The number of fused-ring (bicyclic) bond motifs is 3. The fourth-order valence-electron chi connectivity index (χ4n) is 3.56. The molecule has 0 bridgehead atoms. The largest absolute Gasteiger partial charge is 0.508 e. The molecule has 1 N–H and O–H groups in total. The SMILES string of the molecule is C=CCN1CC[C@@H]2c3cccc(O)c3CC[C@@H]21. The maximum absolute atomic E-state index is 9.92. The molecular formula is C15H19NO. The highest BCUT2D eigenvalue weighted by atomic mass is 16.3. The van der Waals surface area contributed by atoms with Gasteiger partial charge in [-0.3, -0.25) is 4.90 Å². The van der Waals surface area contributed by atoms with Crippen LogP contribution in [-0.4, -0.2) is 29.1 Å². The Labute approximate surface area is 103 Å². The zero-order valence-corrected chi connectivity index (χ0v) is 10.1. The van der Waals surface area contributed by atoms with Crippen LogP contribution < -0.4 is 0 Å². The minimum absolute atomic E-state index is 0.489. The topological polar surface area (TPSA) is 23.5 Å². The number of phenolic OH excluding ortho intramolecular Hbond substituents is 1. The quantitative estimate of drug-likeness (QED) is 0.788. The van der Waals surface area contributed by atoms with Gasteiger partial charge in [-0.1, -0.05) is 18.2 Å². The number of benzene rings is 1. The monoisotopic (exact) mass is 229 g/mol. The van der Waals surface area contributed by atoms with Crippen LogP contribution in [0.25, 0.3) is 0 Å². The van der Waals surface area contributed by atoms with E-state index in [2.05, 4.69) is 17.5 Å². The zero-order valence-electron chi connectivity index (χ0n) is 10.1.